The van der Waals surface area contributed by atoms with Crippen molar-refractivity contribution in [1.82, 2.24) is 0 Å². The van der Waals surface area contributed by atoms with Crippen LogP contribution in [0.25, 0.3) is 0 Å². The van der Waals surface area contributed by atoms with Crippen molar-refractivity contribution in [3.63, 3.8) is 0 Å². The maximum atomic E-state index is 2.46. The van der Waals surface area contributed by atoms with E-state index in [1.165, 1.54) is 19.3 Å². The first-order valence-corrected chi connectivity index (χ1v) is 11.6. The Bertz CT molecular complexity index is 190. The van der Waals surface area contributed by atoms with Gasteiger partial charge in [0, 0.05) is 0 Å². The van der Waals surface area contributed by atoms with E-state index in [0.29, 0.717) is 4.08 Å². The van der Waals surface area contributed by atoms with Crippen LogP contribution in [0.2, 0.25) is 19.6 Å². The number of rotatable bonds is 7. The predicted molar refractivity (Wildman–Crippen MR) is 81.8 cm³/mol. The molecule has 0 saturated carbocycles. The second-order valence-corrected chi connectivity index (χ2v) is 13.1. The lowest BCUT2D eigenvalue weighted by Crippen LogP contribution is -2.15. The van der Waals surface area contributed by atoms with E-state index in [2.05, 4.69) is 50.9 Å². The monoisotopic (exact) mass is 262 g/mol. The van der Waals surface area contributed by atoms with Crippen molar-refractivity contribution in [1.29, 1.82) is 0 Å². The van der Waals surface area contributed by atoms with Crippen LogP contribution < -0.4 is 0 Å². The average molecular weight is 263 g/mol. The molecular weight excluding hydrogens is 236 g/mol. The third kappa shape index (κ3) is 8.46. The van der Waals surface area contributed by atoms with Gasteiger partial charge in [-0.1, -0.05) is 31.4 Å². The molecule has 0 spiro atoms. The van der Waals surface area contributed by atoms with Crippen molar-refractivity contribution in [2.24, 2.45) is 0 Å². The first-order chi connectivity index (χ1) is 6.83. The van der Waals surface area contributed by atoms with Gasteiger partial charge in [0.2, 0.25) is 0 Å². The summed E-state index contributed by atoms with van der Waals surface area (Å²) in [6.07, 6.45) is 10.7. The van der Waals surface area contributed by atoms with E-state index in [1.807, 2.05) is 23.5 Å². The number of unbranched alkanes of at least 4 members (excludes halogenated alkanes) is 1. The van der Waals surface area contributed by atoms with Gasteiger partial charge in [-0.25, -0.2) is 0 Å². The Morgan fingerprint density at radius 2 is 1.67 bits per heavy atom. The van der Waals surface area contributed by atoms with Crippen LogP contribution in [0.5, 0.6) is 0 Å². The number of thioether (sulfide) groups is 2. The minimum Gasteiger partial charge on any atom is -0.148 e. The van der Waals surface area contributed by atoms with Gasteiger partial charge in [-0.3, -0.25) is 0 Å². The quantitative estimate of drug-likeness (QED) is 0.358. The zero-order valence-electron chi connectivity index (χ0n) is 11.1. The van der Waals surface area contributed by atoms with Crippen LogP contribution >= 0.6 is 23.5 Å². The zero-order chi connectivity index (χ0) is 11.9. The van der Waals surface area contributed by atoms with Gasteiger partial charge in [0.1, 0.15) is 0 Å². The average Bonchev–Trinajstić information content (AvgIpc) is 2.15. The molecule has 0 aliphatic rings. The van der Waals surface area contributed by atoms with Crippen molar-refractivity contribution < 1.29 is 0 Å². The molecule has 15 heavy (non-hydrogen) atoms. The summed E-state index contributed by atoms with van der Waals surface area (Å²) in [6, 6.07) is 0. The van der Waals surface area contributed by atoms with Crippen molar-refractivity contribution in [2.75, 3.05) is 12.5 Å². The molecule has 0 N–H and O–H groups in total. The van der Waals surface area contributed by atoms with Gasteiger partial charge >= 0.3 is 0 Å². The summed E-state index contributed by atoms with van der Waals surface area (Å²) in [5, 5.41) is 0. The summed E-state index contributed by atoms with van der Waals surface area (Å²) in [6.45, 7) is 9.51. The summed E-state index contributed by atoms with van der Waals surface area (Å²) in [5.41, 5.74) is 2.46. The largest absolute Gasteiger partial charge is 0.148 e. The second kappa shape index (κ2) is 7.07. The van der Waals surface area contributed by atoms with Gasteiger partial charge in [0.15, 0.2) is 0 Å². The molecule has 0 fully saturated rings. The summed E-state index contributed by atoms with van der Waals surface area (Å²) in [5.74, 6) is 0. The minimum atomic E-state index is -0.961. The molecule has 0 amide bonds. The molecule has 0 saturated heterocycles. The fourth-order valence-corrected chi connectivity index (χ4v) is 3.50. The standard InChI is InChI=1S/C12H26S2Si/c1-12(13-2,14-3)10-8-7-9-11-15(4,5)6/h9,11H,7-8,10H2,1-6H3/b11-9-. The second-order valence-electron chi connectivity index (χ2n) is 5.20. The van der Waals surface area contributed by atoms with Gasteiger partial charge in [0.05, 0.1) is 12.2 Å². The summed E-state index contributed by atoms with van der Waals surface area (Å²) in [4.78, 5) is 0. The highest BCUT2D eigenvalue weighted by molar-refractivity contribution is 8.17. The zero-order valence-corrected chi connectivity index (χ0v) is 13.7. The van der Waals surface area contributed by atoms with E-state index in [1.54, 1.807) is 0 Å². The van der Waals surface area contributed by atoms with Crippen LogP contribution in [0.4, 0.5) is 0 Å². The van der Waals surface area contributed by atoms with Crippen molar-refractivity contribution >= 4 is 31.6 Å². The van der Waals surface area contributed by atoms with E-state index < -0.39 is 8.07 Å². The van der Waals surface area contributed by atoms with Crippen LogP contribution in [0.1, 0.15) is 26.2 Å². The van der Waals surface area contributed by atoms with Crippen LogP contribution in [-0.4, -0.2) is 24.7 Å². The number of hydrogen-bond donors (Lipinski definition) is 0. The molecular formula is C12H26S2Si. The summed E-state index contributed by atoms with van der Waals surface area (Å²) < 4.78 is 0.424. The fourth-order valence-electron chi connectivity index (χ4n) is 1.27. The maximum Gasteiger partial charge on any atom is 0.0682 e. The minimum absolute atomic E-state index is 0.424. The number of allylic oxidation sites excluding steroid dienone is 1. The van der Waals surface area contributed by atoms with E-state index in [0.717, 1.165) is 0 Å². The lowest BCUT2D eigenvalue weighted by Gasteiger charge is -2.24. The Kier molecular flexibility index (Phi) is 7.38. The lowest BCUT2D eigenvalue weighted by atomic mass is 10.2. The van der Waals surface area contributed by atoms with Gasteiger partial charge in [0.25, 0.3) is 0 Å². The Labute approximate surface area is 106 Å². The SMILES string of the molecule is CSC(C)(CCC/C=C\[Si](C)(C)C)SC. The number of hydrogen-bond acceptors (Lipinski definition) is 2. The molecule has 0 heterocycles. The van der Waals surface area contributed by atoms with Crippen molar-refractivity contribution in [3.05, 3.63) is 11.8 Å². The molecule has 0 aliphatic heterocycles. The Morgan fingerprint density at radius 1 is 1.13 bits per heavy atom. The third-order valence-electron chi connectivity index (χ3n) is 2.48. The van der Waals surface area contributed by atoms with E-state index in [4.69, 9.17) is 0 Å². The molecule has 0 aromatic heterocycles. The van der Waals surface area contributed by atoms with Gasteiger partial charge in [-0.2, -0.15) is 0 Å². The maximum absolute atomic E-state index is 2.46. The molecule has 0 aliphatic carbocycles. The first-order valence-electron chi connectivity index (χ1n) is 5.61. The topological polar surface area (TPSA) is 0 Å². The Hall–Kier alpha value is 0.657. The molecule has 0 bridgehead atoms. The van der Waals surface area contributed by atoms with Gasteiger partial charge in [-0.15, -0.1) is 23.5 Å². The fraction of sp³-hybridized carbons (Fsp3) is 0.833. The molecule has 3 heteroatoms. The van der Waals surface area contributed by atoms with Crippen LogP contribution in [0, 0.1) is 0 Å². The summed E-state index contributed by atoms with van der Waals surface area (Å²) in [7, 11) is -0.961. The van der Waals surface area contributed by atoms with Crippen LogP contribution in [0.15, 0.2) is 11.8 Å². The van der Waals surface area contributed by atoms with Gasteiger partial charge in [-0.05, 0) is 38.7 Å². The van der Waals surface area contributed by atoms with E-state index in [9.17, 15) is 0 Å². The van der Waals surface area contributed by atoms with E-state index >= 15 is 0 Å². The lowest BCUT2D eigenvalue weighted by molar-refractivity contribution is 0.711. The van der Waals surface area contributed by atoms with Crippen LogP contribution in [-0.2, 0) is 0 Å². The van der Waals surface area contributed by atoms with Crippen LogP contribution in [0.3, 0.4) is 0 Å². The molecule has 0 rings (SSSR count). The molecule has 0 unspecified atom stereocenters. The summed E-state index contributed by atoms with van der Waals surface area (Å²) >= 11 is 3.97. The smallest absolute Gasteiger partial charge is 0.0682 e. The van der Waals surface area contributed by atoms with Crippen molar-refractivity contribution in [2.45, 2.75) is 49.9 Å². The predicted octanol–water partition coefficient (Wildman–Crippen LogP) is 5.03. The molecule has 0 radical (unpaired) electrons. The van der Waals surface area contributed by atoms with Crippen molar-refractivity contribution in [3.8, 4) is 0 Å². The normalized spacial score (nSPS) is 13.7. The highest BCUT2D eigenvalue weighted by Crippen LogP contribution is 2.37. The first kappa shape index (κ1) is 15.7. The molecule has 0 atom stereocenters. The molecule has 0 aromatic rings. The Morgan fingerprint density at radius 3 is 2.07 bits per heavy atom. The molecule has 90 valence electrons. The van der Waals surface area contributed by atoms with Gasteiger partial charge < -0.3 is 0 Å². The highest BCUT2D eigenvalue weighted by Gasteiger charge is 2.20. The molecule has 0 nitrogen and oxygen atoms in total. The molecule has 0 aromatic carbocycles. The Balaban J connectivity index is 3.76. The van der Waals surface area contributed by atoms with E-state index in [-0.39, 0.29) is 0 Å². The highest BCUT2D eigenvalue weighted by atomic mass is 32.2. The third-order valence-corrected chi connectivity index (χ3v) is 6.85.